The maximum Gasteiger partial charge on any atom is 0.255 e. The van der Waals surface area contributed by atoms with Gasteiger partial charge in [0.25, 0.3) is 5.91 Å². The Hall–Kier alpha value is -3.46. The molecule has 0 saturated carbocycles. The molecule has 2 aromatic rings. The summed E-state index contributed by atoms with van der Waals surface area (Å²) in [5.74, 6) is 0.908. The van der Waals surface area contributed by atoms with Gasteiger partial charge in [-0.15, -0.1) is 0 Å². The highest BCUT2D eigenvalue weighted by Crippen LogP contribution is 2.30. The number of fused-ring (bicyclic) bond motifs is 1. The first kappa shape index (κ1) is 26.2. The van der Waals surface area contributed by atoms with E-state index in [1.165, 1.54) is 18.4 Å². The SMILES string of the molecule is CCN(CC)c1ccc(CN2CCCC[C@H]2COc2ccc3c(c2)CN(C2CCC(=O)NC2=O)C3=O)cn1. The number of imide groups is 1. The molecule has 1 aromatic heterocycles. The van der Waals surface area contributed by atoms with Crippen LogP contribution < -0.4 is 15.0 Å². The van der Waals surface area contributed by atoms with Gasteiger partial charge in [-0.2, -0.15) is 0 Å². The van der Waals surface area contributed by atoms with Crippen molar-refractivity contribution in [1.82, 2.24) is 20.1 Å². The van der Waals surface area contributed by atoms with Gasteiger partial charge in [-0.1, -0.05) is 12.5 Å². The molecule has 3 amide bonds. The summed E-state index contributed by atoms with van der Waals surface area (Å²) in [5.41, 5.74) is 2.66. The second-order valence-corrected chi connectivity index (χ2v) is 10.3. The number of benzene rings is 1. The fourth-order valence-corrected chi connectivity index (χ4v) is 5.77. The lowest BCUT2D eigenvalue weighted by Crippen LogP contribution is -2.52. The zero-order valence-electron chi connectivity index (χ0n) is 22.3. The van der Waals surface area contributed by atoms with Crippen LogP contribution >= 0.6 is 0 Å². The monoisotopic (exact) mass is 519 g/mol. The summed E-state index contributed by atoms with van der Waals surface area (Å²) < 4.78 is 6.25. The lowest BCUT2D eigenvalue weighted by Gasteiger charge is -2.35. The van der Waals surface area contributed by atoms with Crippen LogP contribution in [0.5, 0.6) is 5.75 Å². The van der Waals surface area contributed by atoms with Gasteiger partial charge in [-0.25, -0.2) is 4.98 Å². The van der Waals surface area contributed by atoms with Gasteiger partial charge in [0, 0.05) is 50.4 Å². The summed E-state index contributed by atoms with van der Waals surface area (Å²) in [6, 6.07) is 9.54. The fraction of sp³-hybridized carbons (Fsp3) is 0.517. The van der Waals surface area contributed by atoms with Crippen molar-refractivity contribution < 1.29 is 19.1 Å². The van der Waals surface area contributed by atoms with Crippen LogP contribution in [0, 0.1) is 0 Å². The van der Waals surface area contributed by atoms with Gasteiger partial charge in [0.15, 0.2) is 0 Å². The summed E-state index contributed by atoms with van der Waals surface area (Å²) in [7, 11) is 0. The largest absolute Gasteiger partial charge is 0.492 e. The number of ether oxygens (including phenoxy) is 1. The summed E-state index contributed by atoms with van der Waals surface area (Å²) >= 11 is 0. The van der Waals surface area contributed by atoms with E-state index in [1.807, 2.05) is 18.3 Å². The first-order valence-electron chi connectivity index (χ1n) is 13.8. The fourth-order valence-electron chi connectivity index (χ4n) is 5.77. The number of amides is 3. The van der Waals surface area contributed by atoms with Gasteiger partial charge in [0.05, 0.1) is 0 Å². The van der Waals surface area contributed by atoms with E-state index in [2.05, 4.69) is 46.1 Å². The predicted octanol–water partition coefficient (Wildman–Crippen LogP) is 3.12. The highest BCUT2D eigenvalue weighted by molar-refractivity contribution is 6.05. The Morgan fingerprint density at radius 3 is 2.66 bits per heavy atom. The number of hydrogen-bond acceptors (Lipinski definition) is 7. The van der Waals surface area contributed by atoms with Crippen molar-refractivity contribution in [3.05, 3.63) is 53.2 Å². The van der Waals surface area contributed by atoms with Crippen molar-refractivity contribution in [2.75, 3.05) is 31.1 Å². The molecule has 4 heterocycles. The Bertz CT molecular complexity index is 1180. The molecule has 0 aliphatic carbocycles. The Labute approximate surface area is 224 Å². The average Bonchev–Trinajstić information content (AvgIpc) is 3.25. The van der Waals surface area contributed by atoms with Crippen LogP contribution in [0.3, 0.4) is 0 Å². The maximum atomic E-state index is 13.0. The molecule has 5 rings (SSSR count). The Morgan fingerprint density at radius 1 is 1.08 bits per heavy atom. The standard InChI is InChI=1S/C29H37N5O4/c1-3-32(4-2)26-12-8-20(16-30-26)17-33-14-6-5-7-22(33)19-38-23-9-10-24-21(15-23)18-34(29(24)37)25-11-13-27(35)31-28(25)36/h8-10,12,15-16,22,25H,3-7,11,13-14,17-19H2,1-2H3,(H,31,35,36)/t22-,25?/m0/s1. The van der Waals surface area contributed by atoms with Crippen molar-refractivity contribution in [3.63, 3.8) is 0 Å². The molecule has 1 aromatic carbocycles. The van der Waals surface area contributed by atoms with Crippen LogP contribution in [0.1, 0.15) is 67.4 Å². The topological polar surface area (TPSA) is 95.1 Å². The number of carbonyl (C=O) groups excluding carboxylic acids is 3. The van der Waals surface area contributed by atoms with E-state index in [0.29, 0.717) is 31.2 Å². The molecule has 1 N–H and O–H groups in total. The van der Waals surface area contributed by atoms with Gasteiger partial charge in [-0.3, -0.25) is 24.6 Å². The number of carbonyl (C=O) groups is 3. The summed E-state index contributed by atoms with van der Waals surface area (Å²) in [6.45, 7) is 8.98. The van der Waals surface area contributed by atoms with E-state index in [4.69, 9.17) is 4.74 Å². The average molecular weight is 520 g/mol. The number of rotatable bonds is 9. The molecule has 2 atom stereocenters. The number of hydrogen-bond donors (Lipinski definition) is 1. The first-order chi connectivity index (χ1) is 18.5. The third-order valence-electron chi connectivity index (χ3n) is 7.97. The highest BCUT2D eigenvalue weighted by atomic mass is 16.5. The van der Waals surface area contributed by atoms with Crippen molar-refractivity contribution in [1.29, 1.82) is 0 Å². The first-order valence-corrected chi connectivity index (χ1v) is 13.8. The Balaban J connectivity index is 1.20. The lowest BCUT2D eigenvalue weighted by molar-refractivity contribution is -0.136. The number of aromatic nitrogens is 1. The zero-order valence-corrected chi connectivity index (χ0v) is 22.3. The van der Waals surface area contributed by atoms with Crippen LogP contribution in [0.4, 0.5) is 5.82 Å². The molecule has 9 nitrogen and oxygen atoms in total. The summed E-state index contributed by atoms with van der Waals surface area (Å²) in [5, 5.41) is 2.35. The van der Waals surface area contributed by atoms with E-state index < -0.39 is 11.9 Å². The van der Waals surface area contributed by atoms with Crippen molar-refractivity contribution in [2.24, 2.45) is 0 Å². The van der Waals surface area contributed by atoms with Crippen LogP contribution in [0.25, 0.3) is 0 Å². The molecule has 2 fully saturated rings. The minimum absolute atomic E-state index is 0.167. The molecule has 9 heteroatoms. The Kier molecular flexibility index (Phi) is 7.93. The summed E-state index contributed by atoms with van der Waals surface area (Å²) in [4.78, 5) is 47.8. The second kappa shape index (κ2) is 11.5. The number of nitrogens with zero attached hydrogens (tertiary/aromatic N) is 4. The van der Waals surface area contributed by atoms with Gasteiger partial charge in [0.2, 0.25) is 11.8 Å². The molecular formula is C29H37N5O4. The number of anilines is 1. The van der Waals surface area contributed by atoms with Crippen molar-refractivity contribution in [2.45, 2.75) is 71.1 Å². The van der Waals surface area contributed by atoms with E-state index >= 15 is 0 Å². The molecule has 0 radical (unpaired) electrons. The Morgan fingerprint density at radius 2 is 1.92 bits per heavy atom. The van der Waals surface area contributed by atoms with Crippen LogP contribution in [-0.2, 0) is 22.7 Å². The van der Waals surface area contributed by atoms with Gasteiger partial charge in [0.1, 0.15) is 24.2 Å². The van der Waals surface area contributed by atoms with Gasteiger partial charge >= 0.3 is 0 Å². The van der Waals surface area contributed by atoms with E-state index in [9.17, 15) is 14.4 Å². The molecule has 38 heavy (non-hydrogen) atoms. The number of nitrogens with one attached hydrogen (secondary N) is 1. The molecule has 0 spiro atoms. The molecule has 3 aliphatic heterocycles. The lowest BCUT2D eigenvalue weighted by atomic mass is 10.0. The normalized spacial score (nSPS) is 21.8. The third kappa shape index (κ3) is 5.53. The van der Waals surface area contributed by atoms with Crippen LogP contribution in [0.15, 0.2) is 36.5 Å². The third-order valence-corrected chi connectivity index (χ3v) is 7.97. The van der Waals surface area contributed by atoms with Crippen molar-refractivity contribution in [3.8, 4) is 5.75 Å². The molecule has 3 aliphatic rings. The van der Waals surface area contributed by atoms with Crippen LogP contribution in [0.2, 0.25) is 0 Å². The maximum absolute atomic E-state index is 13.0. The zero-order chi connectivity index (χ0) is 26.6. The molecular weight excluding hydrogens is 482 g/mol. The highest BCUT2D eigenvalue weighted by Gasteiger charge is 2.39. The minimum Gasteiger partial charge on any atom is -0.492 e. The second-order valence-electron chi connectivity index (χ2n) is 10.3. The number of likely N-dealkylation sites (tertiary alicyclic amines) is 1. The molecule has 0 bridgehead atoms. The molecule has 202 valence electrons. The van der Waals surface area contributed by atoms with Crippen LogP contribution in [-0.4, -0.2) is 70.8 Å². The molecule has 1 unspecified atom stereocenters. The van der Waals surface area contributed by atoms with Crippen molar-refractivity contribution >= 4 is 23.5 Å². The van der Waals surface area contributed by atoms with Gasteiger partial charge in [-0.05, 0) is 75.0 Å². The summed E-state index contributed by atoms with van der Waals surface area (Å²) in [6.07, 6.45) is 6.04. The molecule has 2 saturated heterocycles. The number of pyridine rings is 1. The van der Waals surface area contributed by atoms with E-state index in [0.717, 1.165) is 49.7 Å². The van der Waals surface area contributed by atoms with E-state index in [-0.39, 0.29) is 18.2 Å². The number of piperidine rings is 2. The minimum atomic E-state index is -0.608. The quantitative estimate of drug-likeness (QED) is 0.509. The predicted molar refractivity (Wildman–Crippen MR) is 144 cm³/mol. The van der Waals surface area contributed by atoms with E-state index in [1.54, 1.807) is 11.0 Å². The van der Waals surface area contributed by atoms with Gasteiger partial charge < -0.3 is 14.5 Å². The smallest absolute Gasteiger partial charge is 0.255 e.